The molecule has 0 radical (unpaired) electrons. The molecule has 0 bridgehead atoms. The van der Waals surface area contributed by atoms with Gasteiger partial charge in [0.05, 0.1) is 6.07 Å². The number of nitrogens with one attached hydrogen (secondary N) is 2. The second-order valence-electron chi connectivity index (χ2n) is 5.29. The third-order valence-corrected chi connectivity index (χ3v) is 3.65. The smallest absolute Gasteiger partial charge is 0.289 e. The summed E-state index contributed by atoms with van der Waals surface area (Å²) in [5.41, 5.74) is -0.421. The predicted molar refractivity (Wildman–Crippen MR) is 78.6 cm³/mol. The number of amides is 1. The third kappa shape index (κ3) is 3.33. The molecule has 2 aromatic rings. The van der Waals surface area contributed by atoms with E-state index in [2.05, 4.69) is 25.3 Å². The monoisotopic (exact) mass is 303 g/mol. The Morgan fingerprint density at radius 3 is 3.00 bits per heavy atom. The molecule has 116 valence electrons. The molecule has 1 aliphatic heterocycles. The van der Waals surface area contributed by atoms with E-state index >= 15 is 0 Å². The summed E-state index contributed by atoms with van der Waals surface area (Å²) in [6.07, 6.45) is 5.50. The topological polar surface area (TPSA) is 104 Å². The van der Waals surface area contributed by atoms with Gasteiger partial charge in [0.2, 0.25) is 11.7 Å². The molecule has 3 rings (SSSR count). The zero-order valence-electron chi connectivity index (χ0n) is 12.0. The van der Waals surface area contributed by atoms with Crippen LogP contribution in [0, 0.1) is 5.92 Å². The van der Waals surface area contributed by atoms with Crippen molar-refractivity contribution >= 4 is 11.9 Å². The minimum Gasteiger partial charge on any atom is -0.373 e. The standard InChI is InChI=1S/C14H17N5O3/c20-12-7-11(22-18-12)13(21)17-8-10-3-1-6-19(9-10)14-15-4-2-5-16-14/h2,4-5,7,10H,1,3,6,8-9H2,(H,17,21)(H,18,20)/t10-/m1/s1. The molecule has 0 saturated carbocycles. The highest BCUT2D eigenvalue weighted by atomic mass is 16.5. The number of nitrogens with zero attached hydrogens (tertiary/aromatic N) is 3. The van der Waals surface area contributed by atoms with E-state index in [1.165, 1.54) is 0 Å². The Kier molecular flexibility index (Phi) is 4.17. The molecule has 1 amide bonds. The number of piperidine rings is 1. The summed E-state index contributed by atoms with van der Waals surface area (Å²) in [6, 6.07) is 2.93. The molecule has 8 nitrogen and oxygen atoms in total. The summed E-state index contributed by atoms with van der Waals surface area (Å²) in [6.45, 7) is 2.24. The van der Waals surface area contributed by atoms with Crippen molar-refractivity contribution in [1.29, 1.82) is 0 Å². The Labute approximate surface area is 126 Å². The van der Waals surface area contributed by atoms with Crippen LogP contribution in [0.15, 0.2) is 33.8 Å². The second kappa shape index (κ2) is 6.42. The van der Waals surface area contributed by atoms with Gasteiger partial charge in [-0.15, -0.1) is 0 Å². The summed E-state index contributed by atoms with van der Waals surface area (Å²) in [4.78, 5) is 33.4. The van der Waals surface area contributed by atoms with E-state index in [0.29, 0.717) is 12.5 Å². The molecule has 1 saturated heterocycles. The van der Waals surface area contributed by atoms with Gasteiger partial charge in [0.25, 0.3) is 11.5 Å². The predicted octanol–water partition coefficient (Wildman–Crippen LogP) is 0.404. The maximum Gasteiger partial charge on any atom is 0.289 e. The maximum absolute atomic E-state index is 11.9. The van der Waals surface area contributed by atoms with E-state index in [9.17, 15) is 9.59 Å². The summed E-state index contributed by atoms with van der Waals surface area (Å²) < 4.78 is 4.78. The van der Waals surface area contributed by atoms with Crippen LogP contribution in [0.1, 0.15) is 23.4 Å². The highest BCUT2D eigenvalue weighted by Gasteiger charge is 2.22. The molecule has 0 unspecified atom stereocenters. The first kappa shape index (κ1) is 14.3. The van der Waals surface area contributed by atoms with Gasteiger partial charge in [-0.1, -0.05) is 0 Å². The largest absolute Gasteiger partial charge is 0.373 e. The first-order valence-electron chi connectivity index (χ1n) is 7.21. The van der Waals surface area contributed by atoms with Crippen LogP contribution >= 0.6 is 0 Å². The SMILES string of the molecule is O=C(NC[C@H]1CCCN(c2ncccn2)C1)c1cc(=O)[nH]o1. The maximum atomic E-state index is 11.9. The highest BCUT2D eigenvalue weighted by molar-refractivity contribution is 5.91. The van der Waals surface area contributed by atoms with Crippen LogP contribution in [-0.4, -0.2) is 40.7 Å². The molecule has 1 aliphatic rings. The molecule has 1 fully saturated rings. The molecular formula is C14H17N5O3. The van der Waals surface area contributed by atoms with Gasteiger partial charge in [-0.05, 0) is 24.8 Å². The van der Waals surface area contributed by atoms with E-state index < -0.39 is 5.56 Å². The number of H-pyrrole nitrogens is 1. The fourth-order valence-electron chi connectivity index (χ4n) is 2.59. The summed E-state index contributed by atoms with van der Waals surface area (Å²) >= 11 is 0. The zero-order valence-corrected chi connectivity index (χ0v) is 12.0. The van der Waals surface area contributed by atoms with Crippen molar-refractivity contribution in [3.8, 4) is 0 Å². The number of aromatic nitrogens is 3. The third-order valence-electron chi connectivity index (χ3n) is 3.65. The molecule has 0 aromatic carbocycles. The lowest BCUT2D eigenvalue weighted by Gasteiger charge is -2.32. The van der Waals surface area contributed by atoms with Gasteiger partial charge < -0.3 is 14.7 Å². The first-order valence-corrected chi connectivity index (χ1v) is 7.21. The highest BCUT2D eigenvalue weighted by Crippen LogP contribution is 2.19. The van der Waals surface area contributed by atoms with Crippen LogP contribution in [0.4, 0.5) is 5.95 Å². The van der Waals surface area contributed by atoms with Crippen molar-refractivity contribution in [2.45, 2.75) is 12.8 Å². The summed E-state index contributed by atoms with van der Waals surface area (Å²) in [7, 11) is 0. The lowest BCUT2D eigenvalue weighted by molar-refractivity contribution is 0.0908. The molecule has 1 atom stereocenters. The van der Waals surface area contributed by atoms with Crippen LogP contribution in [0.3, 0.4) is 0 Å². The molecule has 0 spiro atoms. The average molecular weight is 303 g/mol. The number of aromatic amines is 1. The lowest BCUT2D eigenvalue weighted by Crippen LogP contribution is -2.41. The number of hydrogen-bond acceptors (Lipinski definition) is 6. The Hall–Kier alpha value is -2.64. The van der Waals surface area contributed by atoms with Gasteiger partial charge in [0.15, 0.2) is 0 Å². The number of rotatable bonds is 4. The molecule has 22 heavy (non-hydrogen) atoms. The lowest BCUT2D eigenvalue weighted by atomic mass is 9.98. The van der Waals surface area contributed by atoms with E-state index in [0.717, 1.165) is 37.9 Å². The molecule has 3 heterocycles. The van der Waals surface area contributed by atoms with Gasteiger partial charge in [0.1, 0.15) is 0 Å². The Morgan fingerprint density at radius 1 is 1.45 bits per heavy atom. The number of carbonyl (C=O) groups excluding carboxylic acids is 1. The van der Waals surface area contributed by atoms with Gasteiger partial charge >= 0.3 is 0 Å². The van der Waals surface area contributed by atoms with Gasteiger partial charge in [-0.3, -0.25) is 9.59 Å². The minimum absolute atomic E-state index is 0.00376. The summed E-state index contributed by atoms with van der Waals surface area (Å²) in [5, 5.41) is 4.89. The van der Waals surface area contributed by atoms with Crippen molar-refractivity contribution in [3.63, 3.8) is 0 Å². The van der Waals surface area contributed by atoms with Crippen molar-refractivity contribution in [2.24, 2.45) is 5.92 Å². The Bertz CT molecular complexity index is 681. The number of anilines is 1. The fraction of sp³-hybridized carbons (Fsp3) is 0.429. The van der Waals surface area contributed by atoms with Crippen molar-refractivity contribution in [1.82, 2.24) is 20.4 Å². The fourth-order valence-corrected chi connectivity index (χ4v) is 2.59. The van der Waals surface area contributed by atoms with E-state index in [1.807, 2.05) is 0 Å². The molecule has 2 N–H and O–H groups in total. The molecule has 2 aromatic heterocycles. The Balaban J connectivity index is 1.54. The number of hydrogen-bond donors (Lipinski definition) is 2. The zero-order chi connectivity index (χ0) is 15.4. The van der Waals surface area contributed by atoms with Crippen LogP contribution < -0.4 is 15.8 Å². The minimum atomic E-state index is -0.421. The van der Waals surface area contributed by atoms with Crippen molar-refractivity contribution in [3.05, 3.63) is 40.6 Å². The van der Waals surface area contributed by atoms with Gasteiger partial charge in [0, 0.05) is 32.0 Å². The van der Waals surface area contributed by atoms with Crippen molar-refractivity contribution < 1.29 is 9.32 Å². The number of carbonyl (C=O) groups is 1. The van der Waals surface area contributed by atoms with Crippen LogP contribution in [0.2, 0.25) is 0 Å². The van der Waals surface area contributed by atoms with Gasteiger partial charge in [-0.2, -0.15) is 5.16 Å². The van der Waals surface area contributed by atoms with E-state index in [1.54, 1.807) is 18.5 Å². The first-order chi connectivity index (χ1) is 10.7. The average Bonchev–Trinajstić information content (AvgIpc) is 3.00. The van der Waals surface area contributed by atoms with E-state index in [4.69, 9.17) is 4.52 Å². The van der Waals surface area contributed by atoms with Crippen LogP contribution in [0.5, 0.6) is 0 Å². The van der Waals surface area contributed by atoms with Crippen molar-refractivity contribution in [2.75, 3.05) is 24.5 Å². The molecule has 8 heteroatoms. The normalized spacial score (nSPS) is 18.2. The second-order valence-corrected chi connectivity index (χ2v) is 5.29. The molecule has 0 aliphatic carbocycles. The van der Waals surface area contributed by atoms with E-state index in [-0.39, 0.29) is 11.7 Å². The Morgan fingerprint density at radius 2 is 2.27 bits per heavy atom. The van der Waals surface area contributed by atoms with Crippen LogP contribution in [0.25, 0.3) is 0 Å². The van der Waals surface area contributed by atoms with Gasteiger partial charge in [-0.25, -0.2) is 9.97 Å². The van der Waals surface area contributed by atoms with Crippen LogP contribution in [-0.2, 0) is 0 Å². The quantitative estimate of drug-likeness (QED) is 0.847. The summed E-state index contributed by atoms with van der Waals surface area (Å²) in [5.74, 6) is 0.651. The molecular weight excluding hydrogens is 286 g/mol.